The van der Waals surface area contributed by atoms with E-state index in [9.17, 15) is 4.79 Å². The van der Waals surface area contributed by atoms with Crippen LogP contribution in [0, 0.1) is 0 Å². The van der Waals surface area contributed by atoms with Crippen LogP contribution in [0.1, 0.15) is 24.8 Å². The van der Waals surface area contributed by atoms with Crippen LogP contribution < -0.4 is 9.64 Å². The number of methoxy groups -OCH3 is 1. The summed E-state index contributed by atoms with van der Waals surface area (Å²) in [5.41, 5.74) is 2.80. The van der Waals surface area contributed by atoms with E-state index in [1.165, 1.54) is 11.3 Å². The molecule has 29 heavy (non-hydrogen) atoms. The molecule has 4 nitrogen and oxygen atoms in total. The van der Waals surface area contributed by atoms with Gasteiger partial charge in [0.2, 0.25) is 5.91 Å². The molecule has 1 amide bonds. The van der Waals surface area contributed by atoms with E-state index >= 15 is 0 Å². The zero-order valence-electron chi connectivity index (χ0n) is 16.4. The van der Waals surface area contributed by atoms with Crippen LogP contribution in [0.15, 0.2) is 78.9 Å². The second-order valence-corrected chi connectivity index (χ2v) is 7.92. The number of benzene rings is 3. The van der Waals surface area contributed by atoms with Crippen LogP contribution in [0.25, 0.3) is 10.2 Å². The molecule has 0 saturated heterocycles. The Bertz CT molecular complexity index is 1090. The van der Waals surface area contributed by atoms with Crippen molar-refractivity contribution in [3.05, 3.63) is 84.4 Å². The molecule has 0 aliphatic rings. The van der Waals surface area contributed by atoms with Gasteiger partial charge in [0.1, 0.15) is 5.75 Å². The van der Waals surface area contributed by atoms with Crippen LogP contribution in [0.5, 0.6) is 5.75 Å². The van der Waals surface area contributed by atoms with Crippen LogP contribution in [-0.2, 0) is 4.79 Å². The number of hydrogen-bond donors (Lipinski definition) is 0. The van der Waals surface area contributed by atoms with Crippen molar-refractivity contribution in [3.8, 4) is 5.75 Å². The number of amides is 1. The van der Waals surface area contributed by atoms with Crippen molar-refractivity contribution < 1.29 is 9.53 Å². The topological polar surface area (TPSA) is 42.4 Å². The number of para-hydroxylation sites is 1. The Morgan fingerprint density at radius 1 is 1.03 bits per heavy atom. The van der Waals surface area contributed by atoms with Crippen LogP contribution in [0.2, 0.25) is 0 Å². The lowest BCUT2D eigenvalue weighted by atomic mass is 9.97. The van der Waals surface area contributed by atoms with E-state index < -0.39 is 0 Å². The molecule has 4 rings (SSSR count). The van der Waals surface area contributed by atoms with Gasteiger partial charge in [-0.25, -0.2) is 4.98 Å². The van der Waals surface area contributed by atoms with E-state index in [-0.39, 0.29) is 11.8 Å². The summed E-state index contributed by atoms with van der Waals surface area (Å²) in [7, 11) is 1.63. The summed E-state index contributed by atoms with van der Waals surface area (Å²) in [4.78, 5) is 19.9. The molecule has 3 aromatic carbocycles. The lowest BCUT2D eigenvalue weighted by Gasteiger charge is -2.22. The van der Waals surface area contributed by atoms with Gasteiger partial charge < -0.3 is 4.74 Å². The fourth-order valence-electron chi connectivity index (χ4n) is 3.32. The first kappa shape index (κ1) is 19.2. The van der Waals surface area contributed by atoms with E-state index in [4.69, 9.17) is 9.72 Å². The van der Waals surface area contributed by atoms with Gasteiger partial charge in [-0.3, -0.25) is 9.69 Å². The lowest BCUT2D eigenvalue weighted by molar-refractivity contribution is -0.118. The van der Waals surface area contributed by atoms with Crippen molar-refractivity contribution in [1.29, 1.82) is 0 Å². The first-order valence-corrected chi connectivity index (χ1v) is 10.3. The Balaban J connectivity index is 1.72. The number of hydrogen-bond acceptors (Lipinski definition) is 4. The average molecular weight is 403 g/mol. The second kappa shape index (κ2) is 8.45. The van der Waals surface area contributed by atoms with Gasteiger partial charge in [0.05, 0.1) is 23.0 Å². The smallest absolute Gasteiger partial charge is 0.233 e. The van der Waals surface area contributed by atoms with E-state index in [1.807, 2.05) is 66.7 Å². The molecule has 1 unspecified atom stereocenters. The molecular weight excluding hydrogens is 380 g/mol. The summed E-state index contributed by atoms with van der Waals surface area (Å²) in [5.74, 6) is 0.817. The molecule has 0 spiro atoms. The Labute approximate surface area is 174 Å². The van der Waals surface area contributed by atoms with Crippen molar-refractivity contribution in [2.45, 2.75) is 19.3 Å². The standard InChI is InChI=1S/C24H22N2O2S/c1-17(18-9-4-3-5-10-18)15-23(27)26(19-11-8-12-20(16-19)28-2)24-25-21-13-6-7-14-22(21)29-24/h3-14,16-17H,15H2,1-2H3. The fraction of sp³-hybridized carbons (Fsp3) is 0.167. The van der Waals surface area contributed by atoms with Gasteiger partial charge >= 0.3 is 0 Å². The van der Waals surface area contributed by atoms with E-state index in [2.05, 4.69) is 19.1 Å². The highest BCUT2D eigenvalue weighted by atomic mass is 32.1. The van der Waals surface area contributed by atoms with Crippen molar-refractivity contribution >= 4 is 38.3 Å². The Morgan fingerprint density at radius 2 is 1.79 bits per heavy atom. The Morgan fingerprint density at radius 3 is 2.55 bits per heavy atom. The molecule has 1 heterocycles. The summed E-state index contributed by atoms with van der Waals surface area (Å²) < 4.78 is 6.43. The highest BCUT2D eigenvalue weighted by Crippen LogP contribution is 2.36. The van der Waals surface area contributed by atoms with Gasteiger partial charge in [0.25, 0.3) is 0 Å². The second-order valence-electron chi connectivity index (χ2n) is 6.91. The minimum atomic E-state index is 0.00802. The molecule has 0 aliphatic carbocycles. The number of carbonyl (C=O) groups is 1. The lowest BCUT2D eigenvalue weighted by Crippen LogP contribution is -2.27. The molecule has 0 fully saturated rings. The maximum absolute atomic E-state index is 13.5. The SMILES string of the molecule is COc1cccc(N(C(=O)CC(C)c2ccccc2)c2nc3ccccc3s2)c1. The highest BCUT2D eigenvalue weighted by Gasteiger charge is 2.24. The van der Waals surface area contributed by atoms with Gasteiger partial charge in [-0.05, 0) is 35.7 Å². The molecule has 0 N–H and O–H groups in total. The predicted octanol–water partition coefficient (Wildman–Crippen LogP) is 6.16. The third-order valence-corrected chi connectivity index (χ3v) is 5.91. The van der Waals surface area contributed by atoms with E-state index in [0.717, 1.165) is 21.5 Å². The van der Waals surface area contributed by atoms with E-state index in [1.54, 1.807) is 12.0 Å². The van der Waals surface area contributed by atoms with Crippen molar-refractivity contribution in [3.63, 3.8) is 0 Å². The summed E-state index contributed by atoms with van der Waals surface area (Å²) in [6.45, 7) is 2.08. The monoisotopic (exact) mass is 402 g/mol. The number of fused-ring (bicyclic) bond motifs is 1. The number of nitrogens with zero attached hydrogens (tertiary/aromatic N) is 2. The molecule has 146 valence electrons. The van der Waals surface area contributed by atoms with Gasteiger partial charge in [-0.15, -0.1) is 0 Å². The third kappa shape index (κ3) is 4.15. The zero-order chi connectivity index (χ0) is 20.2. The molecule has 1 aromatic heterocycles. The number of carbonyl (C=O) groups excluding carboxylic acids is 1. The van der Waals surface area contributed by atoms with Gasteiger partial charge in [-0.2, -0.15) is 0 Å². The van der Waals surface area contributed by atoms with Crippen LogP contribution in [0.3, 0.4) is 0 Å². The van der Waals surface area contributed by atoms with Crippen molar-refractivity contribution in [1.82, 2.24) is 4.98 Å². The minimum Gasteiger partial charge on any atom is -0.497 e. The molecule has 0 radical (unpaired) electrons. The van der Waals surface area contributed by atoms with E-state index in [0.29, 0.717) is 17.3 Å². The summed E-state index contributed by atoms with van der Waals surface area (Å²) >= 11 is 1.52. The largest absolute Gasteiger partial charge is 0.497 e. The Kier molecular flexibility index (Phi) is 5.58. The number of aromatic nitrogens is 1. The van der Waals surface area contributed by atoms with Gasteiger partial charge in [0.15, 0.2) is 5.13 Å². The van der Waals surface area contributed by atoms with Crippen LogP contribution >= 0.6 is 11.3 Å². The van der Waals surface area contributed by atoms with Crippen molar-refractivity contribution in [2.75, 3.05) is 12.0 Å². The maximum atomic E-state index is 13.5. The number of rotatable bonds is 6. The first-order chi connectivity index (χ1) is 14.2. The summed E-state index contributed by atoms with van der Waals surface area (Å²) in [6.07, 6.45) is 0.386. The number of anilines is 2. The molecule has 5 heteroatoms. The minimum absolute atomic E-state index is 0.00802. The summed E-state index contributed by atoms with van der Waals surface area (Å²) in [6, 6.07) is 25.6. The molecular formula is C24H22N2O2S. The normalized spacial score (nSPS) is 11.9. The Hall–Kier alpha value is -3.18. The molecule has 4 aromatic rings. The quantitative estimate of drug-likeness (QED) is 0.388. The maximum Gasteiger partial charge on any atom is 0.233 e. The highest BCUT2D eigenvalue weighted by molar-refractivity contribution is 7.22. The zero-order valence-corrected chi connectivity index (χ0v) is 17.2. The predicted molar refractivity (Wildman–Crippen MR) is 119 cm³/mol. The van der Waals surface area contributed by atoms with Gasteiger partial charge in [-0.1, -0.05) is 66.8 Å². The third-order valence-electron chi connectivity index (χ3n) is 4.88. The summed E-state index contributed by atoms with van der Waals surface area (Å²) in [5, 5.41) is 0.671. The molecule has 0 bridgehead atoms. The molecule has 1 atom stereocenters. The number of ether oxygens (including phenoxy) is 1. The molecule has 0 saturated carbocycles. The number of thiazole rings is 1. The van der Waals surface area contributed by atoms with Gasteiger partial charge in [0, 0.05) is 12.5 Å². The molecule has 0 aliphatic heterocycles. The van der Waals surface area contributed by atoms with Crippen LogP contribution in [0.4, 0.5) is 10.8 Å². The first-order valence-electron chi connectivity index (χ1n) is 9.53. The fourth-order valence-corrected chi connectivity index (χ4v) is 4.32. The van der Waals surface area contributed by atoms with Crippen molar-refractivity contribution in [2.24, 2.45) is 0 Å². The van der Waals surface area contributed by atoms with Crippen LogP contribution in [-0.4, -0.2) is 18.0 Å². The average Bonchev–Trinajstić information content (AvgIpc) is 3.18.